The minimum Gasteiger partial charge on any atom is -0.459 e. The smallest absolute Gasteiger partial charge is 0.333 e. The van der Waals surface area contributed by atoms with E-state index >= 15 is 0 Å². The maximum Gasteiger partial charge on any atom is 0.333 e. The van der Waals surface area contributed by atoms with E-state index in [4.69, 9.17) is 14.9 Å². The SMILES string of the molecule is C=C(C)C(=O)OC(C)CCCCCC.O=[NH+][O-]. The second kappa shape index (κ2) is 12.7. The number of rotatable bonds is 7. The van der Waals surface area contributed by atoms with Crippen molar-refractivity contribution in [2.24, 2.45) is 0 Å². The summed E-state index contributed by atoms with van der Waals surface area (Å²) >= 11 is 0. The monoisotopic (exact) mass is 245 g/mol. The summed E-state index contributed by atoms with van der Waals surface area (Å²) in [6.45, 7) is 9.34. The Hall–Kier alpha value is -1.39. The van der Waals surface area contributed by atoms with Crippen LogP contribution in [0.4, 0.5) is 0 Å². The summed E-state index contributed by atoms with van der Waals surface area (Å²) in [7, 11) is 0. The quantitative estimate of drug-likeness (QED) is 0.244. The lowest BCUT2D eigenvalue weighted by Crippen LogP contribution is -2.53. The molecule has 5 nitrogen and oxygen atoms in total. The molecule has 0 saturated carbocycles. The number of hydrogen-bond donors (Lipinski definition) is 1. The first-order valence-electron chi connectivity index (χ1n) is 5.85. The summed E-state index contributed by atoms with van der Waals surface area (Å²) in [5.41, 5.74) is 0.477. The third kappa shape index (κ3) is 14.6. The molecule has 5 heteroatoms. The van der Waals surface area contributed by atoms with Crippen LogP contribution in [0.1, 0.15) is 52.9 Å². The molecule has 0 aromatic rings. The van der Waals surface area contributed by atoms with Crippen molar-refractivity contribution >= 4 is 5.97 Å². The highest BCUT2D eigenvalue weighted by atomic mass is 16.6. The highest BCUT2D eigenvalue weighted by molar-refractivity contribution is 5.87. The van der Waals surface area contributed by atoms with E-state index < -0.39 is 0 Å². The second-order valence-corrected chi connectivity index (χ2v) is 3.93. The van der Waals surface area contributed by atoms with Crippen LogP contribution in [0.25, 0.3) is 0 Å². The maximum absolute atomic E-state index is 11.1. The van der Waals surface area contributed by atoms with E-state index in [-0.39, 0.29) is 17.4 Å². The van der Waals surface area contributed by atoms with E-state index in [1.165, 1.54) is 19.3 Å². The van der Waals surface area contributed by atoms with Crippen LogP contribution in [-0.2, 0) is 9.53 Å². The molecule has 1 N–H and O–H groups in total. The molecule has 0 aliphatic heterocycles. The van der Waals surface area contributed by atoms with Gasteiger partial charge in [0.1, 0.15) is 0 Å². The van der Waals surface area contributed by atoms with Crippen LogP contribution in [0.5, 0.6) is 0 Å². The number of nitrogens with one attached hydrogen (secondary N) is 1. The summed E-state index contributed by atoms with van der Waals surface area (Å²) in [4.78, 5) is 19.2. The van der Waals surface area contributed by atoms with Gasteiger partial charge in [-0.3, -0.25) is 10.1 Å². The Bertz CT molecular complexity index is 229. The molecule has 0 fully saturated rings. The van der Waals surface area contributed by atoms with Crippen LogP contribution in [0, 0.1) is 10.1 Å². The number of esters is 1. The Kier molecular flexibility index (Phi) is 13.4. The van der Waals surface area contributed by atoms with E-state index in [0.717, 1.165) is 12.8 Å². The molecule has 0 aliphatic rings. The van der Waals surface area contributed by atoms with Gasteiger partial charge in [0.25, 0.3) is 0 Å². The topological polar surface area (TPSA) is 80.4 Å². The minimum absolute atomic E-state index is 0.0241. The second-order valence-electron chi connectivity index (χ2n) is 3.93. The van der Waals surface area contributed by atoms with E-state index in [2.05, 4.69) is 13.5 Å². The lowest BCUT2D eigenvalue weighted by Gasteiger charge is -2.12. The van der Waals surface area contributed by atoms with E-state index in [1.54, 1.807) is 6.92 Å². The summed E-state index contributed by atoms with van der Waals surface area (Å²) in [5, 5.41) is 8.38. The lowest BCUT2D eigenvalue weighted by atomic mass is 10.1. The molecule has 0 heterocycles. The summed E-state index contributed by atoms with van der Waals surface area (Å²) in [6, 6.07) is 0. The third-order valence-corrected chi connectivity index (χ3v) is 2.12. The highest BCUT2D eigenvalue weighted by Gasteiger charge is 2.08. The van der Waals surface area contributed by atoms with Gasteiger partial charge in [-0.15, -0.1) is 0 Å². The number of ether oxygens (including phenoxy) is 1. The fourth-order valence-electron chi connectivity index (χ4n) is 1.20. The van der Waals surface area contributed by atoms with Gasteiger partial charge in [0, 0.05) is 10.9 Å². The molecule has 0 saturated heterocycles. The number of carbonyl (C=O) groups excluding carboxylic acids is 1. The minimum atomic E-state index is -0.270. The highest BCUT2D eigenvalue weighted by Crippen LogP contribution is 2.09. The zero-order valence-electron chi connectivity index (χ0n) is 11.0. The molecule has 0 bridgehead atoms. The Labute approximate surface area is 103 Å². The van der Waals surface area contributed by atoms with Gasteiger partial charge in [0.2, 0.25) is 0 Å². The fraction of sp³-hybridized carbons (Fsp3) is 0.750. The summed E-state index contributed by atoms with van der Waals surface area (Å²) in [6.07, 6.45) is 5.85. The van der Waals surface area contributed by atoms with Crippen molar-refractivity contribution in [3.8, 4) is 0 Å². The van der Waals surface area contributed by atoms with Crippen molar-refractivity contribution in [3.63, 3.8) is 0 Å². The Morgan fingerprint density at radius 2 is 1.94 bits per heavy atom. The van der Waals surface area contributed by atoms with Gasteiger partial charge < -0.3 is 4.74 Å². The van der Waals surface area contributed by atoms with E-state index in [1.807, 2.05) is 6.92 Å². The number of carbonyl (C=O) groups is 1. The van der Waals surface area contributed by atoms with Gasteiger partial charge >= 0.3 is 5.97 Å². The average molecular weight is 245 g/mol. The maximum atomic E-state index is 11.1. The molecular formula is C12H23NO4. The third-order valence-electron chi connectivity index (χ3n) is 2.12. The zero-order chi connectivity index (χ0) is 13.7. The van der Waals surface area contributed by atoms with Crippen LogP contribution < -0.4 is 5.34 Å². The van der Waals surface area contributed by atoms with Gasteiger partial charge in [-0.2, -0.15) is 0 Å². The molecule has 0 rings (SSSR count). The van der Waals surface area contributed by atoms with Crippen molar-refractivity contribution < 1.29 is 14.9 Å². The van der Waals surface area contributed by atoms with Crippen LogP contribution in [0.15, 0.2) is 12.2 Å². The Morgan fingerprint density at radius 1 is 1.41 bits per heavy atom. The molecule has 1 atom stereocenters. The lowest BCUT2D eigenvalue weighted by molar-refractivity contribution is -0.398. The molecule has 0 aromatic heterocycles. The van der Waals surface area contributed by atoms with Crippen LogP contribution in [0.3, 0.4) is 0 Å². The largest absolute Gasteiger partial charge is 0.459 e. The number of hydrogen-bond acceptors (Lipinski definition) is 4. The van der Waals surface area contributed by atoms with Gasteiger partial charge in [0.15, 0.2) is 0 Å². The fourth-order valence-corrected chi connectivity index (χ4v) is 1.20. The molecule has 0 aromatic carbocycles. The molecule has 0 spiro atoms. The molecular weight excluding hydrogens is 222 g/mol. The zero-order valence-corrected chi connectivity index (χ0v) is 11.0. The molecule has 0 amide bonds. The van der Waals surface area contributed by atoms with Gasteiger partial charge in [-0.1, -0.05) is 32.8 Å². The number of unbranched alkanes of at least 4 members (excludes halogenated alkanes) is 3. The molecule has 0 aliphatic carbocycles. The summed E-state index contributed by atoms with van der Waals surface area (Å²) in [5.74, 6) is -0.270. The predicted molar refractivity (Wildman–Crippen MR) is 66.8 cm³/mol. The van der Waals surface area contributed by atoms with Gasteiger partial charge in [-0.05, 0) is 26.7 Å². The molecule has 0 radical (unpaired) electrons. The van der Waals surface area contributed by atoms with Crippen molar-refractivity contribution in [1.29, 1.82) is 0 Å². The first-order valence-corrected chi connectivity index (χ1v) is 5.85. The van der Waals surface area contributed by atoms with Crippen LogP contribution >= 0.6 is 0 Å². The summed E-state index contributed by atoms with van der Waals surface area (Å²) < 4.78 is 5.15. The molecule has 100 valence electrons. The predicted octanol–water partition coefficient (Wildman–Crippen LogP) is 1.80. The van der Waals surface area contributed by atoms with Crippen molar-refractivity contribution in [3.05, 3.63) is 22.3 Å². The Balaban J connectivity index is 0. The first kappa shape index (κ1) is 18.0. The van der Waals surface area contributed by atoms with Crippen LogP contribution in [0.2, 0.25) is 0 Å². The van der Waals surface area contributed by atoms with Crippen molar-refractivity contribution in [1.82, 2.24) is 0 Å². The normalized spacial score (nSPS) is 10.8. The van der Waals surface area contributed by atoms with Crippen molar-refractivity contribution in [2.45, 2.75) is 59.0 Å². The molecule has 1 unspecified atom stereocenters. The first-order chi connectivity index (χ1) is 7.99. The van der Waals surface area contributed by atoms with Crippen molar-refractivity contribution in [2.75, 3.05) is 0 Å². The van der Waals surface area contributed by atoms with Gasteiger partial charge in [0.05, 0.1) is 6.10 Å². The Morgan fingerprint density at radius 3 is 2.35 bits per heavy atom. The average Bonchev–Trinajstić information content (AvgIpc) is 2.25. The molecule has 17 heavy (non-hydrogen) atoms. The van der Waals surface area contributed by atoms with Crippen LogP contribution in [-0.4, -0.2) is 12.1 Å². The van der Waals surface area contributed by atoms with E-state index in [9.17, 15) is 4.79 Å². The van der Waals surface area contributed by atoms with E-state index in [0.29, 0.717) is 5.57 Å². The standard InChI is InChI=1S/C12H22O2.HNO2/c1-5-6-7-8-9-11(4)14-12(13)10(2)3;2-1-3/h11H,2,5-9H2,1,3-4H3;1H. The van der Waals surface area contributed by atoms with Gasteiger partial charge in [-0.25, -0.2) is 4.79 Å².